The Morgan fingerprint density at radius 1 is 0.481 bits per heavy atom. The Morgan fingerprint density at radius 3 is 1.53 bits per heavy atom. The number of Topliss-reactive ketones (excluding diaryl/α,β-unsaturated/α-hetero) is 1. The van der Waals surface area contributed by atoms with Gasteiger partial charge in [-0.3, -0.25) is 0 Å². The zero-order valence-electron chi connectivity index (χ0n) is 47.5. The van der Waals surface area contributed by atoms with Crippen molar-refractivity contribution >= 4 is 162 Å². The summed E-state index contributed by atoms with van der Waals surface area (Å²) in [6.07, 6.45) is 0. The number of carbonyl (C=O) groups excluding carboxylic acids is 1. The van der Waals surface area contributed by atoms with E-state index in [1.165, 1.54) is 129 Å². The van der Waals surface area contributed by atoms with Crippen LogP contribution in [0.2, 0.25) is 5.02 Å². The van der Waals surface area contributed by atoms with Gasteiger partial charge in [0.2, 0.25) is 0 Å². The van der Waals surface area contributed by atoms with Gasteiger partial charge in [-0.05, 0) is 191 Å². The van der Waals surface area contributed by atoms with Gasteiger partial charge in [-0.1, -0.05) is 110 Å². The Labute approximate surface area is 488 Å². The quantitative estimate of drug-likeness (QED) is 0.177. The highest BCUT2D eigenvalue weighted by molar-refractivity contribution is 7.26. The number of methoxy groups -OCH3 is 2. The molecule has 5 nitrogen and oxygen atoms in total. The number of aromatic nitrogens is 2. The molecule has 0 saturated carbocycles. The zero-order chi connectivity index (χ0) is 55.8. The number of ketones is 1. The lowest BCUT2D eigenvalue weighted by Crippen LogP contribution is -2.10. The molecule has 0 radical (unpaired) electrons. The lowest BCUT2D eigenvalue weighted by atomic mass is 9.86. The maximum atomic E-state index is 9.62. The van der Waals surface area contributed by atoms with E-state index in [1.807, 2.05) is 34.8 Å². The van der Waals surface area contributed by atoms with Crippen LogP contribution in [0.4, 0.5) is 0 Å². The number of benzene rings is 10. The van der Waals surface area contributed by atoms with E-state index >= 15 is 0 Å². The molecule has 5 heterocycles. The number of aryl methyl sites for hydroxylation is 2. The van der Waals surface area contributed by atoms with Crippen LogP contribution in [0, 0.1) is 13.8 Å². The fraction of sp³-hybridized carbons (Fsp3) is 0.219. The van der Waals surface area contributed by atoms with Crippen LogP contribution in [0.5, 0.6) is 11.5 Å². The van der Waals surface area contributed by atoms with Crippen LogP contribution in [-0.2, 0) is 15.6 Å². The molecule has 81 heavy (non-hydrogen) atoms. The molecular formula is C73H69ClN2O3S2. The molecule has 15 rings (SSSR count). The first-order valence-corrected chi connectivity index (χ1v) is 28.9. The molecule has 0 spiro atoms. The monoisotopic (exact) mass is 1120 g/mol. The summed E-state index contributed by atoms with van der Waals surface area (Å²) in [5, 5.41) is 18.4. The third kappa shape index (κ3) is 9.00. The van der Waals surface area contributed by atoms with Crippen molar-refractivity contribution < 1.29 is 15.6 Å². The van der Waals surface area contributed by atoms with Crippen LogP contribution in [0.3, 0.4) is 0 Å². The Morgan fingerprint density at radius 2 is 0.963 bits per heavy atom. The average molecular weight is 1120 g/mol. The second kappa shape index (κ2) is 20.1. The molecule has 15 aromatic rings. The summed E-state index contributed by atoms with van der Waals surface area (Å²) >= 11 is 10.7. The summed E-state index contributed by atoms with van der Waals surface area (Å²) in [5.41, 5.74) is 12.3. The Hall–Kier alpha value is -7.68. The highest BCUT2D eigenvalue weighted by Crippen LogP contribution is 2.48. The number of carbonyl (C=O) groups is 1. The van der Waals surface area contributed by atoms with E-state index in [0.717, 1.165) is 39.0 Å². The molecule has 0 unspecified atom stereocenters. The van der Waals surface area contributed by atoms with E-state index in [1.54, 1.807) is 14.2 Å². The van der Waals surface area contributed by atoms with Crippen molar-refractivity contribution in [3.05, 3.63) is 179 Å². The van der Waals surface area contributed by atoms with Gasteiger partial charge < -0.3 is 23.2 Å². The van der Waals surface area contributed by atoms with Crippen LogP contribution < -0.4 is 9.47 Å². The summed E-state index contributed by atoms with van der Waals surface area (Å²) in [5.74, 6) is 1.69. The summed E-state index contributed by atoms with van der Waals surface area (Å²) < 4.78 is 28.2. The number of hydrogen-bond donors (Lipinski definition) is 0. The van der Waals surface area contributed by atoms with Crippen LogP contribution in [0.25, 0.3) is 127 Å². The standard InChI is InChI=1S/C34H28ClNOS.C34H27NOS.C3H6O.2CH4/c1-19-6-10-24-25-16-20-7-9-23(15-21(20)17-31(25)38-30(24)14-19)36-28-12-8-22(34(2,3)4)18-26(28)32-29(37-5)13-11-27(35)33(32)36;1-18-6-8-22-25-14-19-13-24-23-9-11-29(36-5)32-26-17-21(34(2,3)4)7-10-27(26)35(33(23)32)28(24)15-20(19)16-31(25)37-30(22)12-18;1-3(2)4;;/h6-18H,1-5H3;6-17H,1-5H3;1-2H3;2*1H4/i;;1D;;. The lowest BCUT2D eigenvalue weighted by Gasteiger charge is -2.19. The molecule has 0 saturated heterocycles. The molecule has 408 valence electrons. The molecule has 0 aliphatic heterocycles. The zero-order valence-corrected chi connectivity index (χ0v) is 48.8. The van der Waals surface area contributed by atoms with Gasteiger partial charge in [-0.2, -0.15) is 0 Å². The maximum absolute atomic E-state index is 9.62. The normalized spacial score (nSPS) is 12.3. The Balaban J connectivity index is 0.000000156. The second-order valence-corrected chi connectivity index (χ2v) is 26.1. The minimum atomic E-state index is -0.0833. The van der Waals surface area contributed by atoms with Gasteiger partial charge in [0.25, 0.3) is 0 Å². The van der Waals surface area contributed by atoms with Gasteiger partial charge in [0.05, 0.1) is 57.6 Å². The van der Waals surface area contributed by atoms with E-state index in [4.69, 9.17) is 22.4 Å². The van der Waals surface area contributed by atoms with Crippen molar-refractivity contribution in [3.63, 3.8) is 0 Å². The van der Waals surface area contributed by atoms with Gasteiger partial charge in [-0.15, -0.1) is 22.7 Å². The number of fused-ring (bicyclic) bond motifs is 17. The van der Waals surface area contributed by atoms with Crippen LogP contribution in [0.15, 0.2) is 152 Å². The minimum Gasteiger partial charge on any atom is -0.496 e. The Kier molecular flexibility index (Phi) is 13.4. The van der Waals surface area contributed by atoms with E-state index in [-0.39, 0.29) is 38.4 Å². The van der Waals surface area contributed by atoms with Gasteiger partial charge in [0, 0.05) is 68.9 Å². The fourth-order valence-electron chi connectivity index (χ4n) is 12.0. The van der Waals surface area contributed by atoms with Crippen molar-refractivity contribution in [2.45, 2.75) is 94.9 Å². The molecule has 0 bridgehead atoms. The topological polar surface area (TPSA) is 44.9 Å². The first kappa shape index (κ1) is 53.9. The Bertz CT molecular complexity index is 5060. The van der Waals surface area contributed by atoms with Crippen LogP contribution in [-0.4, -0.2) is 29.0 Å². The van der Waals surface area contributed by atoms with Crippen molar-refractivity contribution in [1.82, 2.24) is 8.97 Å². The van der Waals surface area contributed by atoms with Crippen molar-refractivity contribution in [1.29, 1.82) is 0 Å². The third-order valence-electron chi connectivity index (χ3n) is 15.9. The molecule has 0 aliphatic rings. The predicted octanol–water partition coefficient (Wildman–Crippen LogP) is 22.4. The maximum Gasteiger partial charge on any atom is 0.128 e. The van der Waals surface area contributed by atoms with E-state index in [2.05, 4.69) is 204 Å². The molecule has 0 amide bonds. The van der Waals surface area contributed by atoms with Gasteiger partial charge in [-0.25, -0.2) is 0 Å². The highest BCUT2D eigenvalue weighted by atomic mass is 35.5. The van der Waals surface area contributed by atoms with Gasteiger partial charge in [0.15, 0.2) is 0 Å². The largest absolute Gasteiger partial charge is 0.496 e. The molecule has 10 aromatic carbocycles. The smallest absolute Gasteiger partial charge is 0.128 e. The number of thiophene rings is 2. The SMILES string of the molecule is C.C.COc1ccc(Cl)c2c1c1cc(C(C)(C)C)ccc1n2-c1ccc2cc3c(cc2c1)sc1cc(C)ccc13.COc1ccc2c3cc4cc5c(cc4cc3n3c4ccc(C(C)(C)C)cc4c1c23)sc1cc(C)ccc15.[2H]CC(C)=O. The summed E-state index contributed by atoms with van der Waals surface area (Å²) in [4.78, 5) is 9.62. The van der Waals surface area contributed by atoms with Crippen LogP contribution >= 0.6 is 34.3 Å². The number of halogens is 1. The molecule has 8 heteroatoms. The molecule has 5 aromatic heterocycles. The molecule has 0 fully saturated rings. The first-order chi connectivity index (χ1) is 38.3. The van der Waals surface area contributed by atoms with Crippen LogP contribution in [0.1, 0.15) is 93.8 Å². The average Bonchev–Trinajstić information content (AvgIpc) is 3.79. The number of ether oxygens (including phenoxy) is 2. The predicted molar refractivity (Wildman–Crippen MR) is 357 cm³/mol. The van der Waals surface area contributed by atoms with Crippen molar-refractivity contribution in [2.75, 3.05) is 14.2 Å². The van der Waals surface area contributed by atoms with E-state index < -0.39 is 0 Å². The molecular weight excluding hydrogens is 1050 g/mol. The highest BCUT2D eigenvalue weighted by Gasteiger charge is 2.25. The summed E-state index contributed by atoms with van der Waals surface area (Å²) in [6.45, 7) is 19.2. The molecule has 0 N–H and O–H groups in total. The molecule has 0 atom stereocenters. The van der Waals surface area contributed by atoms with E-state index in [0.29, 0.717) is 5.02 Å². The van der Waals surface area contributed by atoms with Crippen molar-refractivity contribution in [3.8, 4) is 17.2 Å². The third-order valence-corrected chi connectivity index (χ3v) is 18.5. The van der Waals surface area contributed by atoms with E-state index in [9.17, 15) is 4.79 Å². The van der Waals surface area contributed by atoms with Gasteiger partial charge >= 0.3 is 0 Å². The second-order valence-electron chi connectivity index (χ2n) is 23.5. The number of hydrogen-bond acceptors (Lipinski definition) is 5. The summed E-state index contributed by atoms with van der Waals surface area (Å²) in [6, 6.07) is 56.5. The fourth-order valence-corrected chi connectivity index (χ4v) is 14.7. The first-order valence-electron chi connectivity index (χ1n) is 27.6. The lowest BCUT2D eigenvalue weighted by molar-refractivity contribution is -0.115. The minimum absolute atomic E-state index is 0. The van der Waals surface area contributed by atoms with Gasteiger partial charge in [0.1, 0.15) is 17.3 Å². The van der Waals surface area contributed by atoms with Crippen molar-refractivity contribution in [2.24, 2.45) is 0 Å². The number of rotatable bonds is 3. The summed E-state index contributed by atoms with van der Waals surface area (Å²) in [7, 11) is 3.51. The number of nitrogens with zero attached hydrogens (tertiary/aromatic N) is 2. The molecule has 0 aliphatic carbocycles.